The standard InChI is InChI=1S/C14H20ClNO3S/c1-10-4-5-14(6-13(10)7-15)20(17,18)16-8-12(3)19-9-11(16)2/h4-6,11-12H,7-9H2,1-3H3. The highest BCUT2D eigenvalue weighted by molar-refractivity contribution is 7.89. The Balaban J connectivity index is 2.39. The molecule has 1 aliphatic rings. The van der Waals surface area contributed by atoms with Crippen LogP contribution < -0.4 is 0 Å². The van der Waals surface area contributed by atoms with Crippen molar-refractivity contribution in [3.8, 4) is 0 Å². The van der Waals surface area contributed by atoms with E-state index in [1.54, 1.807) is 18.2 Å². The van der Waals surface area contributed by atoms with Crippen molar-refractivity contribution in [2.24, 2.45) is 0 Å². The number of hydrogen-bond acceptors (Lipinski definition) is 3. The minimum Gasteiger partial charge on any atom is -0.375 e. The van der Waals surface area contributed by atoms with Crippen LogP contribution in [0.1, 0.15) is 25.0 Å². The van der Waals surface area contributed by atoms with Crippen molar-refractivity contribution in [2.75, 3.05) is 13.2 Å². The predicted octanol–water partition coefficient (Wildman–Crippen LogP) is 2.53. The Morgan fingerprint density at radius 3 is 2.75 bits per heavy atom. The van der Waals surface area contributed by atoms with Gasteiger partial charge in [0.05, 0.1) is 17.6 Å². The first-order valence-electron chi connectivity index (χ1n) is 6.65. The third-order valence-corrected chi connectivity index (χ3v) is 5.89. The van der Waals surface area contributed by atoms with Gasteiger partial charge in [0.1, 0.15) is 0 Å². The second-order valence-corrected chi connectivity index (χ2v) is 7.45. The van der Waals surface area contributed by atoms with E-state index in [2.05, 4.69) is 0 Å². The first-order valence-corrected chi connectivity index (χ1v) is 8.62. The molecule has 1 aliphatic heterocycles. The molecule has 0 spiro atoms. The van der Waals surface area contributed by atoms with Crippen LogP contribution in [-0.2, 0) is 20.6 Å². The topological polar surface area (TPSA) is 46.6 Å². The molecule has 4 nitrogen and oxygen atoms in total. The minimum atomic E-state index is -3.50. The summed E-state index contributed by atoms with van der Waals surface area (Å²) in [6, 6.07) is 4.97. The molecule has 0 bridgehead atoms. The van der Waals surface area contributed by atoms with Crippen molar-refractivity contribution in [1.82, 2.24) is 4.31 Å². The average Bonchev–Trinajstić information content (AvgIpc) is 2.41. The fourth-order valence-corrected chi connectivity index (χ4v) is 4.33. The summed E-state index contributed by atoms with van der Waals surface area (Å²) in [7, 11) is -3.50. The number of alkyl halides is 1. The van der Waals surface area contributed by atoms with Gasteiger partial charge in [0.15, 0.2) is 0 Å². The van der Waals surface area contributed by atoms with Gasteiger partial charge in [-0.2, -0.15) is 4.31 Å². The van der Waals surface area contributed by atoms with Crippen LogP contribution in [-0.4, -0.2) is 38.0 Å². The fraction of sp³-hybridized carbons (Fsp3) is 0.571. The smallest absolute Gasteiger partial charge is 0.243 e. The lowest BCUT2D eigenvalue weighted by atomic mass is 10.1. The summed E-state index contributed by atoms with van der Waals surface area (Å²) in [5, 5.41) is 0. The maximum Gasteiger partial charge on any atom is 0.243 e. The summed E-state index contributed by atoms with van der Waals surface area (Å²) in [5.74, 6) is 0.310. The number of nitrogens with zero attached hydrogens (tertiary/aromatic N) is 1. The molecule has 1 fully saturated rings. The summed E-state index contributed by atoms with van der Waals surface area (Å²) < 4.78 is 32.5. The highest BCUT2D eigenvalue weighted by Gasteiger charge is 2.34. The third kappa shape index (κ3) is 3.01. The Bertz CT molecular complexity index is 588. The molecule has 0 radical (unpaired) electrons. The summed E-state index contributed by atoms with van der Waals surface area (Å²) in [4.78, 5) is 0.305. The van der Waals surface area contributed by atoms with Gasteiger partial charge in [-0.3, -0.25) is 0 Å². The first kappa shape index (κ1) is 15.8. The van der Waals surface area contributed by atoms with Gasteiger partial charge in [-0.25, -0.2) is 8.42 Å². The molecular formula is C14H20ClNO3S. The van der Waals surface area contributed by atoms with Gasteiger partial charge < -0.3 is 4.74 Å². The van der Waals surface area contributed by atoms with Crippen molar-refractivity contribution < 1.29 is 13.2 Å². The largest absolute Gasteiger partial charge is 0.375 e. The van der Waals surface area contributed by atoms with Gasteiger partial charge in [-0.1, -0.05) is 6.07 Å². The zero-order chi connectivity index (χ0) is 14.9. The second-order valence-electron chi connectivity index (χ2n) is 5.29. The van der Waals surface area contributed by atoms with Gasteiger partial charge in [0, 0.05) is 18.5 Å². The van der Waals surface area contributed by atoms with E-state index >= 15 is 0 Å². The Morgan fingerprint density at radius 2 is 2.10 bits per heavy atom. The zero-order valence-electron chi connectivity index (χ0n) is 12.0. The van der Waals surface area contributed by atoms with Gasteiger partial charge in [0.2, 0.25) is 10.0 Å². The molecule has 0 aromatic heterocycles. The molecule has 1 aromatic rings. The van der Waals surface area contributed by atoms with Gasteiger partial charge in [-0.05, 0) is 44.0 Å². The third-order valence-electron chi connectivity index (χ3n) is 3.62. The number of benzene rings is 1. The second kappa shape index (κ2) is 6.02. The van der Waals surface area contributed by atoms with Crippen molar-refractivity contribution in [3.63, 3.8) is 0 Å². The average molecular weight is 318 g/mol. The van der Waals surface area contributed by atoms with Crippen LogP contribution in [0.5, 0.6) is 0 Å². The van der Waals surface area contributed by atoms with Crippen LogP contribution in [0, 0.1) is 6.92 Å². The molecule has 112 valence electrons. The molecule has 20 heavy (non-hydrogen) atoms. The normalized spacial score (nSPS) is 24.8. The maximum absolute atomic E-state index is 12.7. The number of aryl methyl sites for hydroxylation is 1. The van der Waals surface area contributed by atoms with E-state index in [-0.39, 0.29) is 12.1 Å². The Kier molecular flexibility index (Phi) is 4.74. The van der Waals surface area contributed by atoms with E-state index in [0.717, 1.165) is 11.1 Å². The predicted molar refractivity (Wildman–Crippen MR) is 79.5 cm³/mol. The molecule has 0 amide bonds. The molecule has 1 heterocycles. The lowest BCUT2D eigenvalue weighted by Crippen LogP contribution is -2.50. The van der Waals surface area contributed by atoms with Crippen molar-refractivity contribution in [1.29, 1.82) is 0 Å². The summed E-state index contributed by atoms with van der Waals surface area (Å²) in [6.07, 6.45) is -0.0843. The molecular weight excluding hydrogens is 298 g/mol. The number of halogens is 1. The van der Waals surface area contributed by atoms with Crippen molar-refractivity contribution in [3.05, 3.63) is 29.3 Å². The Labute approximate surface area is 125 Å². The van der Waals surface area contributed by atoms with Crippen LogP contribution in [0.15, 0.2) is 23.1 Å². The highest BCUT2D eigenvalue weighted by atomic mass is 35.5. The molecule has 0 N–H and O–H groups in total. The van der Waals surface area contributed by atoms with Gasteiger partial charge in [0.25, 0.3) is 0 Å². The van der Waals surface area contributed by atoms with E-state index in [9.17, 15) is 8.42 Å². The summed E-state index contributed by atoms with van der Waals surface area (Å²) >= 11 is 5.86. The molecule has 2 unspecified atom stereocenters. The van der Waals surface area contributed by atoms with E-state index in [0.29, 0.717) is 23.9 Å². The SMILES string of the molecule is Cc1ccc(S(=O)(=O)N2CC(C)OCC2C)cc1CCl. The highest BCUT2D eigenvalue weighted by Crippen LogP contribution is 2.24. The van der Waals surface area contributed by atoms with E-state index in [4.69, 9.17) is 16.3 Å². The van der Waals surface area contributed by atoms with Crippen LogP contribution in [0.4, 0.5) is 0 Å². The van der Waals surface area contributed by atoms with Crippen LogP contribution in [0.25, 0.3) is 0 Å². The molecule has 1 aromatic carbocycles. The van der Waals surface area contributed by atoms with Crippen molar-refractivity contribution >= 4 is 21.6 Å². The fourth-order valence-electron chi connectivity index (χ4n) is 2.30. The molecule has 2 rings (SSSR count). The van der Waals surface area contributed by atoms with E-state index in [1.165, 1.54) is 4.31 Å². The quantitative estimate of drug-likeness (QED) is 0.805. The number of rotatable bonds is 3. The summed E-state index contributed by atoms with van der Waals surface area (Å²) in [6.45, 7) is 6.48. The van der Waals surface area contributed by atoms with E-state index < -0.39 is 10.0 Å². The Hall–Kier alpha value is -0.620. The summed E-state index contributed by atoms with van der Waals surface area (Å²) in [5.41, 5.74) is 1.85. The number of hydrogen-bond donors (Lipinski definition) is 0. The van der Waals surface area contributed by atoms with Crippen LogP contribution in [0.2, 0.25) is 0 Å². The molecule has 2 atom stereocenters. The number of ether oxygens (including phenoxy) is 1. The lowest BCUT2D eigenvalue weighted by molar-refractivity contribution is -0.0170. The van der Waals surface area contributed by atoms with E-state index in [1.807, 2.05) is 20.8 Å². The van der Waals surface area contributed by atoms with Crippen LogP contribution >= 0.6 is 11.6 Å². The zero-order valence-corrected chi connectivity index (χ0v) is 13.5. The molecule has 0 aliphatic carbocycles. The molecule has 1 saturated heterocycles. The van der Waals surface area contributed by atoms with Gasteiger partial charge in [-0.15, -0.1) is 11.6 Å². The van der Waals surface area contributed by atoms with Crippen molar-refractivity contribution in [2.45, 2.75) is 43.7 Å². The van der Waals surface area contributed by atoms with Gasteiger partial charge >= 0.3 is 0 Å². The van der Waals surface area contributed by atoms with Crippen LogP contribution in [0.3, 0.4) is 0 Å². The first-order chi connectivity index (χ1) is 9.36. The maximum atomic E-state index is 12.7. The Morgan fingerprint density at radius 1 is 1.40 bits per heavy atom. The monoisotopic (exact) mass is 317 g/mol. The molecule has 6 heteroatoms. The lowest BCUT2D eigenvalue weighted by Gasteiger charge is -2.35. The number of morpholine rings is 1. The number of sulfonamides is 1. The minimum absolute atomic E-state index is 0.0843. The molecule has 0 saturated carbocycles.